The van der Waals surface area contributed by atoms with Crippen molar-refractivity contribution in [3.05, 3.63) is 59.4 Å². The van der Waals surface area contributed by atoms with Crippen molar-refractivity contribution in [2.24, 2.45) is 0 Å². The van der Waals surface area contributed by atoms with Gasteiger partial charge in [-0.25, -0.2) is 4.39 Å². The van der Waals surface area contributed by atoms with Crippen LogP contribution in [-0.2, 0) is 16.6 Å². The van der Waals surface area contributed by atoms with E-state index in [2.05, 4.69) is 0 Å². The van der Waals surface area contributed by atoms with Crippen molar-refractivity contribution in [3.63, 3.8) is 0 Å². The van der Waals surface area contributed by atoms with Gasteiger partial charge in [-0.1, -0.05) is 24.3 Å². The molecule has 18 heavy (non-hydrogen) atoms. The van der Waals surface area contributed by atoms with Crippen LogP contribution in [0.4, 0.5) is 10.1 Å². The molecular weight excluding hydrogens is 249 g/mol. The Bertz CT molecular complexity index is 578. The lowest BCUT2D eigenvalue weighted by atomic mass is 10.2. The molecule has 0 aliphatic rings. The molecule has 1 unspecified atom stereocenters. The van der Waals surface area contributed by atoms with Crippen LogP contribution in [0.2, 0.25) is 0 Å². The van der Waals surface area contributed by atoms with E-state index in [-0.39, 0.29) is 5.75 Å². The highest BCUT2D eigenvalue weighted by Crippen LogP contribution is 2.21. The molecule has 1 atom stereocenters. The number of anilines is 1. The molecule has 0 saturated heterocycles. The van der Waals surface area contributed by atoms with Gasteiger partial charge in [0.2, 0.25) is 0 Å². The van der Waals surface area contributed by atoms with Crippen LogP contribution in [-0.4, -0.2) is 4.21 Å². The summed E-state index contributed by atoms with van der Waals surface area (Å²) >= 11 is 0. The summed E-state index contributed by atoms with van der Waals surface area (Å²) in [6.07, 6.45) is 0. The van der Waals surface area contributed by atoms with Crippen molar-refractivity contribution < 1.29 is 8.60 Å². The van der Waals surface area contributed by atoms with Gasteiger partial charge in [0.25, 0.3) is 0 Å². The van der Waals surface area contributed by atoms with Crippen molar-refractivity contribution in [1.82, 2.24) is 0 Å². The first-order chi connectivity index (χ1) is 8.59. The molecule has 2 N–H and O–H groups in total. The predicted octanol–water partition coefficient (Wildman–Crippen LogP) is 3.02. The van der Waals surface area contributed by atoms with Crippen LogP contribution < -0.4 is 5.73 Å². The van der Waals surface area contributed by atoms with Crippen LogP contribution in [0.1, 0.15) is 11.1 Å². The SMILES string of the molecule is Cc1ccccc1S(=O)Cc1c(N)cccc1F. The Morgan fingerprint density at radius 1 is 1.17 bits per heavy atom. The topological polar surface area (TPSA) is 43.1 Å². The second kappa shape index (κ2) is 5.31. The highest BCUT2D eigenvalue weighted by molar-refractivity contribution is 7.84. The first kappa shape index (κ1) is 12.8. The number of aryl methyl sites for hydroxylation is 1. The zero-order chi connectivity index (χ0) is 13.1. The quantitative estimate of drug-likeness (QED) is 0.865. The van der Waals surface area contributed by atoms with Gasteiger partial charge < -0.3 is 5.73 Å². The van der Waals surface area contributed by atoms with E-state index < -0.39 is 16.6 Å². The van der Waals surface area contributed by atoms with E-state index in [0.29, 0.717) is 11.3 Å². The van der Waals surface area contributed by atoms with Crippen LogP contribution in [0, 0.1) is 12.7 Å². The molecule has 2 aromatic carbocycles. The summed E-state index contributed by atoms with van der Waals surface area (Å²) < 4.78 is 25.8. The van der Waals surface area contributed by atoms with Crippen molar-refractivity contribution in [2.45, 2.75) is 17.6 Å². The van der Waals surface area contributed by atoms with Crippen LogP contribution in [0.3, 0.4) is 0 Å². The van der Waals surface area contributed by atoms with Crippen molar-refractivity contribution in [2.75, 3.05) is 5.73 Å². The van der Waals surface area contributed by atoms with E-state index in [9.17, 15) is 8.60 Å². The van der Waals surface area contributed by atoms with E-state index in [4.69, 9.17) is 5.73 Å². The third-order valence-electron chi connectivity index (χ3n) is 2.77. The van der Waals surface area contributed by atoms with E-state index in [1.807, 2.05) is 25.1 Å². The van der Waals surface area contributed by atoms with Crippen LogP contribution in [0.15, 0.2) is 47.4 Å². The Morgan fingerprint density at radius 3 is 2.56 bits per heavy atom. The Balaban J connectivity index is 2.30. The molecule has 2 aromatic rings. The van der Waals surface area contributed by atoms with Gasteiger partial charge in [0.15, 0.2) is 0 Å². The van der Waals surface area contributed by atoms with Gasteiger partial charge in [0.1, 0.15) is 5.82 Å². The second-order valence-electron chi connectivity index (χ2n) is 4.06. The summed E-state index contributed by atoms with van der Waals surface area (Å²) in [4.78, 5) is 0.722. The highest BCUT2D eigenvalue weighted by atomic mass is 32.2. The smallest absolute Gasteiger partial charge is 0.129 e. The summed E-state index contributed by atoms with van der Waals surface area (Å²) in [5, 5.41) is 0. The Morgan fingerprint density at radius 2 is 1.89 bits per heavy atom. The summed E-state index contributed by atoms with van der Waals surface area (Å²) in [7, 11) is -1.29. The monoisotopic (exact) mass is 263 g/mol. The number of hydrogen-bond acceptors (Lipinski definition) is 2. The Kier molecular flexibility index (Phi) is 3.77. The molecule has 94 valence electrons. The number of nitrogen functional groups attached to an aromatic ring is 1. The van der Waals surface area contributed by atoms with Crippen LogP contribution in [0.25, 0.3) is 0 Å². The number of hydrogen-bond donors (Lipinski definition) is 1. The fraction of sp³-hybridized carbons (Fsp3) is 0.143. The molecule has 2 rings (SSSR count). The number of halogens is 1. The van der Waals surface area contributed by atoms with E-state index in [0.717, 1.165) is 10.5 Å². The molecule has 0 bridgehead atoms. The minimum Gasteiger partial charge on any atom is -0.398 e. The maximum Gasteiger partial charge on any atom is 0.129 e. The van der Waals surface area contributed by atoms with Crippen molar-refractivity contribution in [1.29, 1.82) is 0 Å². The lowest BCUT2D eigenvalue weighted by molar-refractivity contribution is 0.616. The molecule has 0 aliphatic heterocycles. The van der Waals surface area contributed by atoms with Crippen molar-refractivity contribution in [3.8, 4) is 0 Å². The van der Waals surface area contributed by atoms with E-state index in [1.54, 1.807) is 18.2 Å². The fourth-order valence-electron chi connectivity index (χ4n) is 1.75. The molecule has 0 heterocycles. The molecule has 0 fully saturated rings. The second-order valence-corrected chi connectivity index (χ2v) is 5.48. The number of nitrogens with two attached hydrogens (primary N) is 1. The third kappa shape index (κ3) is 2.59. The molecule has 4 heteroatoms. The van der Waals surface area contributed by atoms with Gasteiger partial charge in [0, 0.05) is 16.1 Å². The molecule has 0 amide bonds. The molecular formula is C14H14FNOS. The van der Waals surface area contributed by atoms with Gasteiger partial charge in [-0.2, -0.15) is 0 Å². The predicted molar refractivity (Wildman–Crippen MR) is 72.1 cm³/mol. The van der Waals surface area contributed by atoms with Gasteiger partial charge in [-0.05, 0) is 30.7 Å². The number of benzene rings is 2. The standard InChI is InChI=1S/C14H14FNOS/c1-10-5-2-3-8-14(10)18(17)9-11-12(15)6-4-7-13(11)16/h2-8H,9,16H2,1H3. The molecule has 0 saturated carbocycles. The Labute approximate surface area is 108 Å². The van der Waals surface area contributed by atoms with Gasteiger partial charge >= 0.3 is 0 Å². The molecule has 2 nitrogen and oxygen atoms in total. The summed E-state index contributed by atoms with van der Waals surface area (Å²) in [5.41, 5.74) is 7.31. The molecule has 0 spiro atoms. The van der Waals surface area contributed by atoms with Gasteiger partial charge in [-0.15, -0.1) is 0 Å². The number of rotatable bonds is 3. The summed E-state index contributed by atoms with van der Waals surface area (Å²) in [5.74, 6) is -0.305. The van der Waals surface area contributed by atoms with Gasteiger partial charge in [-0.3, -0.25) is 4.21 Å². The first-order valence-corrected chi connectivity index (χ1v) is 6.88. The van der Waals surface area contributed by atoms with E-state index >= 15 is 0 Å². The molecule has 0 aliphatic carbocycles. The first-order valence-electron chi connectivity index (χ1n) is 5.56. The zero-order valence-electron chi connectivity index (χ0n) is 10.0. The summed E-state index contributed by atoms with van der Waals surface area (Å²) in [6.45, 7) is 1.89. The highest BCUT2D eigenvalue weighted by Gasteiger charge is 2.13. The lowest BCUT2D eigenvalue weighted by Crippen LogP contribution is -2.04. The molecule has 0 aromatic heterocycles. The third-order valence-corrected chi connectivity index (χ3v) is 4.27. The largest absolute Gasteiger partial charge is 0.398 e. The minimum atomic E-state index is -1.29. The maximum atomic E-state index is 13.6. The van der Waals surface area contributed by atoms with E-state index in [1.165, 1.54) is 6.07 Å². The van der Waals surface area contributed by atoms with Crippen LogP contribution in [0.5, 0.6) is 0 Å². The van der Waals surface area contributed by atoms with Crippen molar-refractivity contribution >= 4 is 16.5 Å². The maximum absolute atomic E-state index is 13.6. The normalized spacial score (nSPS) is 12.3. The zero-order valence-corrected chi connectivity index (χ0v) is 10.8. The lowest BCUT2D eigenvalue weighted by Gasteiger charge is -2.08. The Hall–Kier alpha value is -1.68. The van der Waals surface area contributed by atoms with Gasteiger partial charge in [0.05, 0.1) is 16.6 Å². The minimum absolute atomic E-state index is 0.101. The fourth-order valence-corrected chi connectivity index (χ4v) is 3.13. The summed E-state index contributed by atoms with van der Waals surface area (Å²) in [6, 6.07) is 11.9. The average molecular weight is 263 g/mol. The molecule has 0 radical (unpaired) electrons. The average Bonchev–Trinajstić information content (AvgIpc) is 2.34. The van der Waals surface area contributed by atoms with Crippen LogP contribution >= 0.6 is 0 Å².